The van der Waals surface area contributed by atoms with E-state index in [1.54, 1.807) is 0 Å². The number of nitrogens with two attached hydrogens (primary N) is 2. The average Bonchev–Trinajstić information content (AvgIpc) is 2.20. The van der Waals surface area contributed by atoms with Crippen molar-refractivity contribution in [2.75, 3.05) is 0 Å². The molecule has 0 aliphatic heterocycles. The predicted octanol–water partition coefficient (Wildman–Crippen LogP) is 0.121. The summed E-state index contributed by atoms with van der Waals surface area (Å²) in [4.78, 5) is 20.3. The molecular formula is C9H20N2O3. The molecule has 2 atom stereocenters. The first-order chi connectivity index (χ1) is 6.57. The molecule has 0 aromatic carbocycles. The highest BCUT2D eigenvalue weighted by molar-refractivity contribution is 5.72. The van der Waals surface area contributed by atoms with E-state index < -0.39 is 18.1 Å². The fraction of sp³-hybridized carbons (Fsp3) is 0.778. The zero-order chi connectivity index (χ0) is 11.6. The van der Waals surface area contributed by atoms with Crippen molar-refractivity contribution in [1.82, 2.24) is 0 Å². The Morgan fingerprint density at radius 2 is 1.86 bits per heavy atom. The molecule has 0 bridgehead atoms. The maximum atomic E-state index is 10.2. The molecule has 0 aliphatic carbocycles. The molecule has 0 saturated carbocycles. The van der Waals surface area contributed by atoms with E-state index in [9.17, 15) is 9.59 Å². The second-order valence-corrected chi connectivity index (χ2v) is 2.68. The molecule has 0 fully saturated rings. The summed E-state index contributed by atoms with van der Waals surface area (Å²) in [5, 5.41) is 8.38. The second kappa shape index (κ2) is 10.1. The minimum absolute atomic E-state index is 0.358. The number of hydrogen-bond acceptors (Lipinski definition) is 4. The van der Waals surface area contributed by atoms with E-state index in [4.69, 9.17) is 16.6 Å². The van der Waals surface area contributed by atoms with Gasteiger partial charge in [0.15, 0.2) is 0 Å². The van der Waals surface area contributed by atoms with E-state index in [-0.39, 0.29) is 0 Å². The number of aldehydes is 1. The normalized spacial score (nSPS) is 13.4. The van der Waals surface area contributed by atoms with Gasteiger partial charge in [-0.25, -0.2) is 0 Å². The Balaban J connectivity index is 0. The van der Waals surface area contributed by atoms with E-state index in [0.717, 1.165) is 0 Å². The van der Waals surface area contributed by atoms with Crippen LogP contribution in [-0.4, -0.2) is 29.4 Å². The molecular weight excluding hydrogens is 184 g/mol. The third-order valence-corrected chi connectivity index (χ3v) is 1.54. The fourth-order valence-electron chi connectivity index (χ4n) is 0.765. The molecule has 5 nitrogen and oxygen atoms in total. The Morgan fingerprint density at radius 1 is 1.36 bits per heavy atom. The van der Waals surface area contributed by atoms with Crippen LogP contribution in [0.1, 0.15) is 33.1 Å². The molecule has 0 saturated heterocycles. The Morgan fingerprint density at radius 3 is 2.21 bits per heavy atom. The standard InChI is InChI=1S/C7H14N2O3.C2H6/c8-5(4-10)2-1-3-6(9)7(11)12;1-2/h4-6H,1-3,8-9H2,(H,11,12);1-2H3. The monoisotopic (exact) mass is 204 g/mol. The third-order valence-electron chi connectivity index (χ3n) is 1.54. The van der Waals surface area contributed by atoms with Crippen molar-refractivity contribution >= 4 is 12.3 Å². The molecule has 0 aromatic heterocycles. The van der Waals surface area contributed by atoms with E-state index in [1.165, 1.54) is 0 Å². The smallest absolute Gasteiger partial charge is 0.320 e. The largest absolute Gasteiger partial charge is 0.480 e. The zero-order valence-electron chi connectivity index (χ0n) is 8.77. The number of rotatable bonds is 6. The molecule has 5 heteroatoms. The second-order valence-electron chi connectivity index (χ2n) is 2.68. The fourth-order valence-corrected chi connectivity index (χ4v) is 0.765. The molecule has 2 unspecified atom stereocenters. The highest BCUT2D eigenvalue weighted by Gasteiger charge is 2.11. The van der Waals surface area contributed by atoms with Crippen LogP contribution in [0.3, 0.4) is 0 Å². The minimum atomic E-state index is -1.02. The van der Waals surface area contributed by atoms with E-state index in [2.05, 4.69) is 0 Å². The van der Waals surface area contributed by atoms with Gasteiger partial charge in [0.25, 0.3) is 0 Å². The summed E-state index contributed by atoms with van der Waals surface area (Å²) in [7, 11) is 0. The van der Waals surface area contributed by atoms with Crippen molar-refractivity contribution in [2.45, 2.75) is 45.2 Å². The molecule has 0 heterocycles. The number of carboxylic acid groups (broad SMARTS) is 1. The summed E-state index contributed by atoms with van der Waals surface area (Å²) >= 11 is 0. The van der Waals surface area contributed by atoms with Gasteiger partial charge >= 0.3 is 5.97 Å². The molecule has 0 aromatic rings. The summed E-state index contributed by atoms with van der Waals surface area (Å²) in [6, 6.07) is -1.34. The summed E-state index contributed by atoms with van der Waals surface area (Å²) in [5.74, 6) is -1.02. The molecule has 0 amide bonds. The van der Waals surface area contributed by atoms with Crippen LogP contribution in [0.5, 0.6) is 0 Å². The third kappa shape index (κ3) is 9.15. The van der Waals surface area contributed by atoms with Crippen molar-refractivity contribution in [2.24, 2.45) is 11.5 Å². The molecule has 0 aliphatic rings. The highest BCUT2D eigenvalue weighted by atomic mass is 16.4. The van der Waals surface area contributed by atoms with Crippen LogP contribution in [0, 0.1) is 0 Å². The Labute approximate surface area is 84.5 Å². The SMILES string of the molecule is CC.NC(C=O)CCCC(N)C(=O)O. The number of carbonyl (C=O) groups is 2. The van der Waals surface area contributed by atoms with Gasteiger partial charge < -0.3 is 21.4 Å². The molecule has 0 rings (SSSR count). The highest BCUT2D eigenvalue weighted by Crippen LogP contribution is 2.00. The first kappa shape index (κ1) is 15.5. The van der Waals surface area contributed by atoms with Gasteiger partial charge in [-0.1, -0.05) is 13.8 Å². The lowest BCUT2D eigenvalue weighted by Crippen LogP contribution is -2.30. The quantitative estimate of drug-likeness (QED) is 0.533. The summed E-state index contributed by atoms with van der Waals surface area (Å²) < 4.78 is 0. The van der Waals surface area contributed by atoms with Gasteiger partial charge in [0.1, 0.15) is 12.3 Å². The van der Waals surface area contributed by atoms with Crippen molar-refractivity contribution in [3.05, 3.63) is 0 Å². The average molecular weight is 204 g/mol. The van der Waals surface area contributed by atoms with Crippen molar-refractivity contribution < 1.29 is 14.7 Å². The lowest BCUT2D eigenvalue weighted by Gasteiger charge is -2.06. The topological polar surface area (TPSA) is 106 Å². The van der Waals surface area contributed by atoms with Crippen LogP contribution >= 0.6 is 0 Å². The van der Waals surface area contributed by atoms with E-state index in [0.29, 0.717) is 25.5 Å². The van der Waals surface area contributed by atoms with Gasteiger partial charge in [0.2, 0.25) is 0 Å². The number of aliphatic carboxylic acids is 1. The molecule has 5 N–H and O–H groups in total. The first-order valence-corrected chi connectivity index (χ1v) is 4.77. The van der Waals surface area contributed by atoms with Crippen LogP contribution in [0.4, 0.5) is 0 Å². The van der Waals surface area contributed by atoms with Crippen LogP contribution in [-0.2, 0) is 9.59 Å². The Kier molecular flexibility index (Phi) is 11.3. The van der Waals surface area contributed by atoms with Gasteiger partial charge in [-0.3, -0.25) is 4.79 Å². The van der Waals surface area contributed by atoms with Crippen LogP contribution < -0.4 is 11.5 Å². The maximum Gasteiger partial charge on any atom is 0.320 e. The first-order valence-electron chi connectivity index (χ1n) is 4.77. The number of carbonyl (C=O) groups excluding carboxylic acids is 1. The lowest BCUT2D eigenvalue weighted by molar-refractivity contribution is -0.138. The lowest BCUT2D eigenvalue weighted by atomic mass is 10.1. The predicted molar refractivity (Wildman–Crippen MR) is 54.8 cm³/mol. The van der Waals surface area contributed by atoms with Gasteiger partial charge in [0.05, 0.1) is 6.04 Å². The molecule has 0 spiro atoms. The van der Waals surface area contributed by atoms with Crippen molar-refractivity contribution in [3.8, 4) is 0 Å². The number of carboxylic acids is 1. The molecule has 84 valence electrons. The van der Waals surface area contributed by atoms with Gasteiger partial charge in [-0.2, -0.15) is 0 Å². The molecule has 0 radical (unpaired) electrons. The van der Waals surface area contributed by atoms with Crippen LogP contribution in [0.15, 0.2) is 0 Å². The maximum absolute atomic E-state index is 10.2. The van der Waals surface area contributed by atoms with E-state index in [1.807, 2.05) is 13.8 Å². The molecule has 14 heavy (non-hydrogen) atoms. The number of hydrogen-bond donors (Lipinski definition) is 3. The van der Waals surface area contributed by atoms with Crippen molar-refractivity contribution in [3.63, 3.8) is 0 Å². The van der Waals surface area contributed by atoms with Gasteiger partial charge in [-0.05, 0) is 19.3 Å². The van der Waals surface area contributed by atoms with Crippen LogP contribution in [0.2, 0.25) is 0 Å². The van der Waals surface area contributed by atoms with Gasteiger partial charge in [0, 0.05) is 0 Å². The zero-order valence-corrected chi connectivity index (χ0v) is 8.77. The minimum Gasteiger partial charge on any atom is -0.480 e. The summed E-state index contributed by atoms with van der Waals surface area (Å²) in [6.07, 6.45) is 2.06. The summed E-state index contributed by atoms with van der Waals surface area (Å²) in [5.41, 5.74) is 10.5. The Bertz CT molecular complexity index is 162. The van der Waals surface area contributed by atoms with Crippen LogP contribution in [0.25, 0.3) is 0 Å². The van der Waals surface area contributed by atoms with Crippen molar-refractivity contribution in [1.29, 1.82) is 0 Å². The Hall–Kier alpha value is -0.940. The van der Waals surface area contributed by atoms with E-state index >= 15 is 0 Å². The van der Waals surface area contributed by atoms with Gasteiger partial charge in [-0.15, -0.1) is 0 Å². The summed E-state index contributed by atoms with van der Waals surface area (Å²) in [6.45, 7) is 4.00.